The van der Waals surface area contributed by atoms with Gasteiger partial charge < -0.3 is 15.3 Å². The van der Waals surface area contributed by atoms with Crippen LogP contribution in [0.3, 0.4) is 0 Å². The van der Waals surface area contributed by atoms with Crippen LogP contribution in [0.4, 0.5) is 0 Å². The van der Waals surface area contributed by atoms with Crippen molar-refractivity contribution in [3.63, 3.8) is 0 Å². The Morgan fingerprint density at radius 2 is 2.43 bits per heavy atom. The molecule has 1 aromatic heterocycles. The zero-order valence-electron chi connectivity index (χ0n) is 8.19. The lowest BCUT2D eigenvalue weighted by Gasteiger charge is -2.27. The molecule has 0 aliphatic carbocycles. The second-order valence-electron chi connectivity index (χ2n) is 3.39. The normalized spacial score (nSPS) is 15.0. The lowest BCUT2D eigenvalue weighted by molar-refractivity contribution is -0.138. The molecule has 0 amide bonds. The minimum Gasteiger partial charge on any atom is -0.481 e. The standard InChI is InChI=1S/C10H15NO3/c1-2-10(7-11,6-9(12)13)8-4-3-5-14-8/h3-5H,2,6-7,11H2,1H3,(H,12,13). The molecule has 0 aromatic carbocycles. The molecule has 3 N–H and O–H groups in total. The fraction of sp³-hybridized carbons (Fsp3) is 0.500. The van der Waals surface area contributed by atoms with Crippen LogP contribution in [-0.4, -0.2) is 17.6 Å². The van der Waals surface area contributed by atoms with E-state index in [2.05, 4.69) is 0 Å². The number of nitrogens with two attached hydrogens (primary N) is 1. The molecular formula is C10H15NO3. The molecule has 4 nitrogen and oxygen atoms in total. The first-order valence-corrected chi connectivity index (χ1v) is 4.60. The van der Waals surface area contributed by atoms with Crippen LogP contribution >= 0.6 is 0 Å². The molecule has 78 valence electrons. The summed E-state index contributed by atoms with van der Waals surface area (Å²) in [6.07, 6.45) is 2.20. The van der Waals surface area contributed by atoms with Gasteiger partial charge in [-0.05, 0) is 18.6 Å². The molecular weight excluding hydrogens is 182 g/mol. The smallest absolute Gasteiger partial charge is 0.304 e. The van der Waals surface area contributed by atoms with E-state index in [0.29, 0.717) is 12.2 Å². The minimum absolute atomic E-state index is 0.00745. The van der Waals surface area contributed by atoms with Crippen molar-refractivity contribution in [2.75, 3.05) is 6.54 Å². The van der Waals surface area contributed by atoms with E-state index in [9.17, 15) is 4.79 Å². The second kappa shape index (κ2) is 4.28. The maximum Gasteiger partial charge on any atom is 0.304 e. The van der Waals surface area contributed by atoms with Crippen molar-refractivity contribution in [1.82, 2.24) is 0 Å². The van der Waals surface area contributed by atoms with E-state index in [0.717, 1.165) is 0 Å². The first-order chi connectivity index (χ1) is 6.64. The zero-order chi connectivity index (χ0) is 10.6. The third-order valence-corrected chi connectivity index (χ3v) is 2.60. The number of furan rings is 1. The van der Waals surface area contributed by atoms with Crippen LogP contribution in [-0.2, 0) is 10.2 Å². The molecule has 1 atom stereocenters. The third-order valence-electron chi connectivity index (χ3n) is 2.60. The number of aliphatic carboxylic acids is 1. The molecule has 14 heavy (non-hydrogen) atoms. The molecule has 0 saturated heterocycles. The van der Waals surface area contributed by atoms with Crippen LogP contribution in [0, 0.1) is 0 Å². The number of carboxylic acids is 1. The summed E-state index contributed by atoms with van der Waals surface area (Å²) < 4.78 is 5.24. The number of hydrogen-bond acceptors (Lipinski definition) is 3. The van der Waals surface area contributed by atoms with Gasteiger partial charge in [-0.15, -0.1) is 0 Å². The number of carboxylic acid groups (broad SMARTS) is 1. The minimum atomic E-state index is -0.853. The van der Waals surface area contributed by atoms with Gasteiger partial charge in [0.25, 0.3) is 0 Å². The van der Waals surface area contributed by atoms with E-state index in [1.54, 1.807) is 12.1 Å². The molecule has 1 heterocycles. The predicted octanol–water partition coefficient (Wildman–Crippen LogP) is 1.36. The van der Waals surface area contributed by atoms with Crippen molar-refractivity contribution in [2.24, 2.45) is 5.73 Å². The highest BCUT2D eigenvalue weighted by molar-refractivity contribution is 5.68. The molecule has 1 aromatic rings. The van der Waals surface area contributed by atoms with E-state index < -0.39 is 11.4 Å². The lowest BCUT2D eigenvalue weighted by atomic mass is 9.79. The van der Waals surface area contributed by atoms with Crippen molar-refractivity contribution in [3.8, 4) is 0 Å². The Hall–Kier alpha value is -1.29. The highest BCUT2D eigenvalue weighted by Gasteiger charge is 2.34. The van der Waals surface area contributed by atoms with Crippen molar-refractivity contribution in [1.29, 1.82) is 0 Å². The molecule has 0 spiro atoms. The van der Waals surface area contributed by atoms with Crippen LogP contribution in [0.5, 0.6) is 0 Å². The number of carbonyl (C=O) groups is 1. The zero-order valence-corrected chi connectivity index (χ0v) is 8.19. The van der Waals surface area contributed by atoms with Crippen LogP contribution in [0.25, 0.3) is 0 Å². The van der Waals surface area contributed by atoms with Gasteiger partial charge in [-0.1, -0.05) is 6.92 Å². The van der Waals surface area contributed by atoms with Gasteiger partial charge >= 0.3 is 5.97 Å². The SMILES string of the molecule is CCC(CN)(CC(=O)O)c1ccco1. The Bertz CT molecular complexity index is 288. The molecule has 1 unspecified atom stereocenters. The Labute approximate surface area is 82.7 Å². The molecule has 0 fully saturated rings. The van der Waals surface area contributed by atoms with Gasteiger partial charge in [-0.25, -0.2) is 0 Å². The van der Waals surface area contributed by atoms with Gasteiger partial charge in [-0.3, -0.25) is 4.79 Å². The quantitative estimate of drug-likeness (QED) is 0.747. The van der Waals surface area contributed by atoms with E-state index in [-0.39, 0.29) is 13.0 Å². The summed E-state index contributed by atoms with van der Waals surface area (Å²) in [6, 6.07) is 3.52. The van der Waals surface area contributed by atoms with Gasteiger partial charge in [0.1, 0.15) is 5.76 Å². The summed E-state index contributed by atoms with van der Waals surface area (Å²) in [5.41, 5.74) is 5.07. The monoisotopic (exact) mass is 197 g/mol. The van der Waals surface area contributed by atoms with E-state index in [4.69, 9.17) is 15.3 Å². The largest absolute Gasteiger partial charge is 0.481 e. The molecule has 0 bridgehead atoms. The van der Waals surface area contributed by atoms with Gasteiger partial charge in [-0.2, -0.15) is 0 Å². The average Bonchev–Trinajstić information content (AvgIpc) is 2.67. The van der Waals surface area contributed by atoms with Gasteiger partial charge in [0.2, 0.25) is 0 Å². The Morgan fingerprint density at radius 1 is 1.71 bits per heavy atom. The first-order valence-electron chi connectivity index (χ1n) is 4.60. The van der Waals surface area contributed by atoms with E-state index in [1.165, 1.54) is 6.26 Å². The molecule has 4 heteroatoms. The highest BCUT2D eigenvalue weighted by atomic mass is 16.4. The summed E-state index contributed by atoms with van der Waals surface area (Å²) in [7, 11) is 0. The van der Waals surface area contributed by atoms with E-state index >= 15 is 0 Å². The van der Waals surface area contributed by atoms with Crippen LogP contribution < -0.4 is 5.73 Å². The predicted molar refractivity (Wildman–Crippen MR) is 52.0 cm³/mol. The average molecular weight is 197 g/mol. The van der Waals surface area contributed by atoms with Crippen molar-refractivity contribution >= 4 is 5.97 Å². The van der Waals surface area contributed by atoms with Gasteiger partial charge in [0.05, 0.1) is 18.1 Å². The van der Waals surface area contributed by atoms with Crippen molar-refractivity contribution in [2.45, 2.75) is 25.2 Å². The van der Waals surface area contributed by atoms with Crippen LogP contribution in [0.2, 0.25) is 0 Å². The fourth-order valence-corrected chi connectivity index (χ4v) is 1.57. The number of rotatable bonds is 5. The highest BCUT2D eigenvalue weighted by Crippen LogP contribution is 2.30. The first kappa shape index (κ1) is 10.8. The summed E-state index contributed by atoms with van der Waals surface area (Å²) in [6.45, 7) is 2.20. The Morgan fingerprint density at radius 3 is 2.79 bits per heavy atom. The lowest BCUT2D eigenvalue weighted by Crippen LogP contribution is -2.36. The van der Waals surface area contributed by atoms with Crippen molar-refractivity contribution < 1.29 is 14.3 Å². The molecule has 1 rings (SSSR count). The van der Waals surface area contributed by atoms with Crippen LogP contribution in [0.15, 0.2) is 22.8 Å². The summed E-state index contributed by atoms with van der Waals surface area (Å²) >= 11 is 0. The number of hydrogen-bond donors (Lipinski definition) is 2. The maximum atomic E-state index is 10.7. The molecule has 0 aliphatic heterocycles. The Kier molecular flexibility index (Phi) is 3.30. The third kappa shape index (κ3) is 1.96. The summed E-state index contributed by atoms with van der Waals surface area (Å²) in [5.74, 6) is -0.196. The molecule has 0 saturated carbocycles. The maximum absolute atomic E-state index is 10.7. The van der Waals surface area contributed by atoms with Crippen LogP contribution in [0.1, 0.15) is 25.5 Å². The Balaban J connectivity index is 2.97. The van der Waals surface area contributed by atoms with Gasteiger partial charge in [0.15, 0.2) is 0 Å². The molecule has 0 aliphatic rings. The fourth-order valence-electron chi connectivity index (χ4n) is 1.57. The topological polar surface area (TPSA) is 76.5 Å². The van der Waals surface area contributed by atoms with E-state index in [1.807, 2.05) is 6.92 Å². The van der Waals surface area contributed by atoms with Gasteiger partial charge in [0, 0.05) is 6.54 Å². The summed E-state index contributed by atoms with van der Waals surface area (Å²) in [4.78, 5) is 10.7. The second-order valence-corrected chi connectivity index (χ2v) is 3.39. The summed E-state index contributed by atoms with van der Waals surface area (Å²) in [5, 5.41) is 8.81. The molecule has 0 radical (unpaired) electrons. The van der Waals surface area contributed by atoms with Crippen molar-refractivity contribution in [3.05, 3.63) is 24.2 Å².